The molecule has 2 aliphatic rings. The molecule has 106 valence electrons. The lowest BCUT2D eigenvalue weighted by Gasteiger charge is -2.25. The molecule has 0 amide bonds. The maximum Gasteiger partial charge on any atom is 0.335 e. The molecule has 0 aliphatic carbocycles. The number of fused-ring (bicyclic) bond motifs is 3. The minimum Gasteiger partial charge on any atom is -0.478 e. The highest BCUT2D eigenvalue weighted by Gasteiger charge is 2.38. The highest BCUT2D eigenvalue weighted by Crippen LogP contribution is 2.50. The average Bonchev–Trinajstić information content (AvgIpc) is 3.11. The maximum atomic E-state index is 10.9. The van der Waals surface area contributed by atoms with Crippen molar-refractivity contribution in [3.05, 3.63) is 51.7 Å². The van der Waals surface area contributed by atoms with Crippen LogP contribution in [0.25, 0.3) is 0 Å². The Balaban J connectivity index is 1.71. The van der Waals surface area contributed by atoms with Crippen LogP contribution in [0.15, 0.2) is 39.9 Å². The van der Waals surface area contributed by atoms with Gasteiger partial charge in [0, 0.05) is 5.41 Å². The Kier molecular flexibility index (Phi) is 2.76. The Labute approximate surface area is 128 Å². The van der Waals surface area contributed by atoms with Gasteiger partial charge in [-0.15, -0.1) is 10.2 Å². The standard InChI is InChI=1S/C13H10N4O2S2/c1-7-14-15-13-16(7)17-10(21-13)6-20-11(17)8-2-4-9(5-3-8)12(18)19/h2-6,11H,1H3,(H,18,19)/t11-/m0/s1. The fourth-order valence-electron chi connectivity index (χ4n) is 2.38. The van der Waals surface area contributed by atoms with Gasteiger partial charge in [0.1, 0.15) is 10.4 Å². The van der Waals surface area contributed by atoms with Crippen LogP contribution in [0.1, 0.15) is 27.1 Å². The van der Waals surface area contributed by atoms with E-state index in [4.69, 9.17) is 5.11 Å². The second-order valence-corrected chi connectivity index (χ2v) is 6.60. The lowest BCUT2D eigenvalue weighted by atomic mass is 10.1. The molecule has 0 fully saturated rings. The van der Waals surface area contributed by atoms with E-state index < -0.39 is 5.97 Å². The molecule has 0 radical (unpaired) electrons. The van der Waals surface area contributed by atoms with Gasteiger partial charge in [0.2, 0.25) is 5.16 Å². The molecular weight excluding hydrogens is 308 g/mol. The third-order valence-corrected chi connectivity index (χ3v) is 5.56. The molecule has 0 bridgehead atoms. The molecule has 2 aliphatic heterocycles. The van der Waals surface area contributed by atoms with Gasteiger partial charge in [-0.25, -0.2) is 9.47 Å². The van der Waals surface area contributed by atoms with Gasteiger partial charge < -0.3 is 5.11 Å². The molecule has 3 heterocycles. The molecule has 4 rings (SSSR count). The van der Waals surface area contributed by atoms with E-state index in [1.807, 2.05) is 23.7 Å². The van der Waals surface area contributed by atoms with Crippen molar-refractivity contribution >= 4 is 29.5 Å². The van der Waals surface area contributed by atoms with E-state index in [0.29, 0.717) is 5.56 Å². The van der Waals surface area contributed by atoms with E-state index in [1.54, 1.807) is 35.7 Å². The van der Waals surface area contributed by atoms with Crippen LogP contribution in [0.5, 0.6) is 0 Å². The van der Waals surface area contributed by atoms with E-state index in [1.165, 1.54) is 0 Å². The zero-order valence-electron chi connectivity index (χ0n) is 10.9. The zero-order valence-corrected chi connectivity index (χ0v) is 12.6. The van der Waals surface area contributed by atoms with Crippen molar-refractivity contribution in [1.29, 1.82) is 0 Å². The van der Waals surface area contributed by atoms with Crippen LogP contribution in [0, 0.1) is 6.92 Å². The predicted octanol–water partition coefficient (Wildman–Crippen LogP) is 2.57. The van der Waals surface area contributed by atoms with Crippen molar-refractivity contribution in [1.82, 2.24) is 14.9 Å². The lowest BCUT2D eigenvalue weighted by Crippen LogP contribution is -2.30. The number of aromatic carboxylic acids is 1. The highest BCUT2D eigenvalue weighted by molar-refractivity contribution is 8.07. The Hall–Kier alpha value is -1.93. The summed E-state index contributed by atoms with van der Waals surface area (Å²) in [6, 6.07) is 7.00. The second kappa shape index (κ2) is 4.54. The first-order valence-electron chi connectivity index (χ1n) is 6.23. The molecule has 6 nitrogen and oxygen atoms in total. The number of carboxylic acids is 1. The number of benzene rings is 1. The van der Waals surface area contributed by atoms with Crippen LogP contribution < -0.4 is 5.01 Å². The van der Waals surface area contributed by atoms with Gasteiger partial charge in [0.15, 0.2) is 5.82 Å². The van der Waals surface area contributed by atoms with Crippen molar-refractivity contribution in [3.8, 4) is 0 Å². The normalized spacial score (nSPS) is 19.4. The van der Waals surface area contributed by atoms with Gasteiger partial charge in [0.05, 0.1) is 5.56 Å². The Morgan fingerprint density at radius 1 is 1.29 bits per heavy atom. The molecular formula is C13H10N4O2S2. The van der Waals surface area contributed by atoms with Gasteiger partial charge in [-0.2, -0.15) is 0 Å². The number of aryl methyl sites for hydroxylation is 1. The monoisotopic (exact) mass is 318 g/mol. The SMILES string of the molecule is Cc1nnc2n1N1C(=CS[C@H]1c1ccc(C(=O)O)cc1)S2. The summed E-state index contributed by atoms with van der Waals surface area (Å²) in [4.78, 5) is 10.9. The topological polar surface area (TPSA) is 71.2 Å². The van der Waals surface area contributed by atoms with Crippen LogP contribution in [-0.4, -0.2) is 25.9 Å². The summed E-state index contributed by atoms with van der Waals surface area (Å²) in [5.41, 5.74) is 1.35. The molecule has 21 heavy (non-hydrogen) atoms. The Morgan fingerprint density at radius 2 is 2.05 bits per heavy atom. The van der Waals surface area contributed by atoms with Crippen LogP contribution >= 0.6 is 23.5 Å². The van der Waals surface area contributed by atoms with Gasteiger partial charge in [-0.05, 0) is 36.4 Å². The zero-order chi connectivity index (χ0) is 14.6. The van der Waals surface area contributed by atoms with Crippen molar-refractivity contribution in [2.24, 2.45) is 0 Å². The summed E-state index contributed by atoms with van der Waals surface area (Å²) in [5, 5.41) is 23.6. The molecule has 0 saturated carbocycles. The molecule has 0 spiro atoms. The summed E-state index contributed by atoms with van der Waals surface area (Å²) in [5.74, 6) is -0.0661. The third kappa shape index (κ3) is 1.86. The molecule has 2 aromatic rings. The van der Waals surface area contributed by atoms with Crippen molar-refractivity contribution in [2.45, 2.75) is 17.5 Å². The van der Waals surface area contributed by atoms with E-state index in [-0.39, 0.29) is 5.37 Å². The van der Waals surface area contributed by atoms with E-state index in [2.05, 4.69) is 20.6 Å². The number of aromatic nitrogens is 3. The van der Waals surface area contributed by atoms with Gasteiger partial charge in [-0.1, -0.05) is 23.9 Å². The number of hydrogen-bond acceptors (Lipinski definition) is 6. The number of rotatable bonds is 2. The molecule has 8 heteroatoms. The summed E-state index contributed by atoms with van der Waals surface area (Å²) < 4.78 is 2.01. The summed E-state index contributed by atoms with van der Waals surface area (Å²) in [6.07, 6.45) is 0. The molecule has 1 aromatic carbocycles. The van der Waals surface area contributed by atoms with E-state index >= 15 is 0 Å². The van der Waals surface area contributed by atoms with E-state index in [0.717, 1.165) is 21.6 Å². The van der Waals surface area contributed by atoms with Crippen LogP contribution in [0.2, 0.25) is 0 Å². The lowest BCUT2D eigenvalue weighted by molar-refractivity contribution is 0.0697. The fourth-order valence-corrected chi connectivity index (χ4v) is 4.65. The first-order chi connectivity index (χ1) is 10.1. The highest BCUT2D eigenvalue weighted by atomic mass is 32.2. The molecule has 0 unspecified atom stereocenters. The molecule has 0 saturated heterocycles. The quantitative estimate of drug-likeness (QED) is 0.912. The average molecular weight is 318 g/mol. The minimum atomic E-state index is -0.909. The van der Waals surface area contributed by atoms with Crippen molar-refractivity contribution in [3.63, 3.8) is 0 Å². The number of carbonyl (C=O) groups is 1. The Bertz CT molecular complexity index is 769. The second-order valence-electron chi connectivity index (χ2n) is 4.66. The number of hydrogen-bond donors (Lipinski definition) is 1. The molecule has 1 aromatic heterocycles. The largest absolute Gasteiger partial charge is 0.478 e. The van der Waals surface area contributed by atoms with Gasteiger partial charge >= 0.3 is 5.97 Å². The van der Waals surface area contributed by atoms with Crippen LogP contribution in [-0.2, 0) is 0 Å². The van der Waals surface area contributed by atoms with Crippen molar-refractivity contribution in [2.75, 3.05) is 5.01 Å². The summed E-state index contributed by atoms with van der Waals surface area (Å²) in [7, 11) is 0. The first kappa shape index (κ1) is 12.8. The first-order valence-corrected chi connectivity index (χ1v) is 7.99. The predicted molar refractivity (Wildman–Crippen MR) is 80.6 cm³/mol. The van der Waals surface area contributed by atoms with Crippen LogP contribution in [0.3, 0.4) is 0 Å². The van der Waals surface area contributed by atoms with E-state index in [9.17, 15) is 4.79 Å². The van der Waals surface area contributed by atoms with Crippen molar-refractivity contribution < 1.29 is 9.90 Å². The molecule has 1 N–H and O–H groups in total. The minimum absolute atomic E-state index is 0.0753. The molecule has 1 atom stereocenters. The summed E-state index contributed by atoms with van der Waals surface area (Å²) in [6.45, 7) is 1.92. The number of nitrogens with zero attached hydrogens (tertiary/aromatic N) is 4. The third-order valence-electron chi connectivity index (χ3n) is 3.37. The maximum absolute atomic E-state index is 10.9. The Morgan fingerprint density at radius 3 is 2.76 bits per heavy atom. The van der Waals surface area contributed by atoms with Crippen LogP contribution in [0.4, 0.5) is 0 Å². The smallest absolute Gasteiger partial charge is 0.335 e. The van der Waals surface area contributed by atoms with Gasteiger partial charge in [-0.3, -0.25) is 5.01 Å². The summed E-state index contributed by atoms with van der Waals surface area (Å²) >= 11 is 3.29. The number of thioether (sulfide) groups is 2. The fraction of sp³-hybridized carbons (Fsp3) is 0.154. The van der Waals surface area contributed by atoms with Gasteiger partial charge in [0.25, 0.3) is 0 Å². The number of carboxylic acid groups (broad SMARTS) is 1.